The average molecular weight is 332 g/mol. The van der Waals surface area contributed by atoms with Gasteiger partial charge in [0.1, 0.15) is 17.7 Å². The van der Waals surface area contributed by atoms with Crippen molar-refractivity contribution in [3.05, 3.63) is 53.9 Å². The lowest BCUT2D eigenvalue weighted by atomic mass is 10.1. The SMILES string of the molecule is Cn1ccnc1C(NC(=O)CN1CCOCC1)c1ccccc1F. The Kier molecular flexibility index (Phi) is 5.22. The third kappa shape index (κ3) is 3.80. The molecule has 2 aromatic rings. The van der Waals surface area contributed by atoms with Crippen LogP contribution in [0.25, 0.3) is 0 Å². The number of amides is 1. The number of hydrogen-bond donors (Lipinski definition) is 1. The molecule has 0 bridgehead atoms. The molecule has 0 spiro atoms. The third-order valence-corrected chi connectivity index (χ3v) is 4.11. The summed E-state index contributed by atoms with van der Waals surface area (Å²) in [6, 6.07) is 5.81. The van der Waals surface area contributed by atoms with Gasteiger partial charge in [-0.1, -0.05) is 18.2 Å². The molecule has 1 saturated heterocycles. The Morgan fingerprint density at radius 3 is 2.79 bits per heavy atom. The Morgan fingerprint density at radius 1 is 1.38 bits per heavy atom. The molecule has 7 heteroatoms. The second kappa shape index (κ2) is 7.55. The fourth-order valence-electron chi connectivity index (χ4n) is 2.81. The third-order valence-electron chi connectivity index (χ3n) is 4.11. The minimum absolute atomic E-state index is 0.159. The summed E-state index contributed by atoms with van der Waals surface area (Å²) in [5.41, 5.74) is 0.405. The lowest BCUT2D eigenvalue weighted by Crippen LogP contribution is -2.44. The minimum atomic E-state index is -0.625. The number of carbonyl (C=O) groups excluding carboxylic acids is 1. The van der Waals surface area contributed by atoms with Crippen molar-refractivity contribution < 1.29 is 13.9 Å². The van der Waals surface area contributed by atoms with Crippen molar-refractivity contribution in [3.8, 4) is 0 Å². The van der Waals surface area contributed by atoms with Gasteiger partial charge in [0.2, 0.25) is 5.91 Å². The molecule has 0 radical (unpaired) electrons. The van der Waals surface area contributed by atoms with Gasteiger partial charge < -0.3 is 14.6 Å². The van der Waals surface area contributed by atoms with E-state index in [9.17, 15) is 9.18 Å². The van der Waals surface area contributed by atoms with Gasteiger partial charge in [-0.15, -0.1) is 0 Å². The van der Waals surface area contributed by atoms with Gasteiger partial charge in [0.05, 0.1) is 19.8 Å². The van der Waals surface area contributed by atoms with Gasteiger partial charge in [0, 0.05) is 38.1 Å². The number of halogens is 1. The van der Waals surface area contributed by atoms with Gasteiger partial charge in [-0.25, -0.2) is 9.37 Å². The molecule has 1 N–H and O–H groups in total. The molecule has 0 saturated carbocycles. The van der Waals surface area contributed by atoms with Crippen molar-refractivity contribution in [3.63, 3.8) is 0 Å². The van der Waals surface area contributed by atoms with Crippen LogP contribution < -0.4 is 5.32 Å². The average Bonchev–Trinajstić information content (AvgIpc) is 3.00. The monoisotopic (exact) mass is 332 g/mol. The molecule has 3 rings (SSSR count). The van der Waals surface area contributed by atoms with Crippen LogP contribution in [0.15, 0.2) is 36.7 Å². The number of aromatic nitrogens is 2. The number of carbonyl (C=O) groups is 1. The standard InChI is InChI=1S/C17H21FN4O2/c1-21-7-6-19-17(21)16(13-4-2-3-5-14(13)18)20-15(23)12-22-8-10-24-11-9-22/h2-7,16H,8-12H2,1H3,(H,20,23). The zero-order chi connectivity index (χ0) is 16.9. The molecule has 1 aliphatic heterocycles. The molecule has 24 heavy (non-hydrogen) atoms. The smallest absolute Gasteiger partial charge is 0.235 e. The molecular weight excluding hydrogens is 311 g/mol. The predicted octanol–water partition coefficient (Wildman–Crippen LogP) is 1.10. The van der Waals surface area contributed by atoms with Crippen molar-refractivity contribution in [2.75, 3.05) is 32.8 Å². The van der Waals surface area contributed by atoms with Crippen molar-refractivity contribution >= 4 is 5.91 Å². The summed E-state index contributed by atoms with van der Waals surface area (Å²) < 4.78 is 21.3. The lowest BCUT2D eigenvalue weighted by molar-refractivity contribution is -0.123. The Balaban J connectivity index is 1.79. The van der Waals surface area contributed by atoms with E-state index in [0.717, 1.165) is 13.1 Å². The second-order valence-corrected chi connectivity index (χ2v) is 5.81. The van der Waals surface area contributed by atoms with Crippen molar-refractivity contribution in [1.82, 2.24) is 19.8 Å². The molecule has 2 heterocycles. The number of rotatable bonds is 5. The Bertz CT molecular complexity index is 697. The van der Waals surface area contributed by atoms with Crippen molar-refractivity contribution in [2.45, 2.75) is 6.04 Å². The zero-order valence-corrected chi connectivity index (χ0v) is 13.6. The highest BCUT2D eigenvalue weighted by molar-refractivity contribution is 5.79. The van der Waals surface area contributed by atoms with Crippen LogP contribution in [0.5, 0.6) is 0 Å². The summed E-state index contributed by atoms with van der Waals surface area (Å²) in [6.07, 6.45) is 3.41. The topological polar surface area (TPSA) is 59.4 Å². The first-order chi connectivity index (χ1) is 11.6. The molecule has 128 valence electrons. The largest absolute Gasteiger partial charge is 0.379 e. The van der Waals surface area contributed by atoms with E-state index < -0.39 is 6.04 Å². The maximum absolute atomic E-state index is 14.3. The molecule has 1 aliphatic rings. The number of hydrogen-bond acceptors (Lipinski definition) is 4. The number of aryl methyl sites for hydroxylation is 1. The first-order valence-corrected chi connectivity index (χ1v) is 7.96. The summed E-state index contributed by atoms with van der Waals surface area (Å²) >= 11 is 0. The zero-order valence-electron chi connectivity index (χ0n) is 13.6. The van der Waals surface area contributed by atoms with Gasteiger partial charge in [0.25, 0.3) is 0 Å². The maximum atomic E-state index is 14.3. The summed E-state index contributed by atoms with van der Waals surface area (Å²) in [6.45, 7) is 2.96. The van der Waals surface area contributed by atoms with Gasteiger partial charge in [-0.3, -0.25) is 9.69 Å². The quantitative estimate of drug-likeness (QED) is 0.891. The van der Waals surface area contributed by atoms with Gasteiger partial charge in [-0.2, -0.15) is 0 Å². The van der Waals surface area contributed by atoms with Crippen LogP contribution in [-0.4, -0.2) is 53.2 Å². The van der Waals surface area contributed by atoms with E-state index in [4.69, 9.17) is 4.74 Å². The number of morpholine rings is 1. The maximum Gasteiger partial charge on any atom is 0.235 e. The van der Waals surface area contributed by atoms with Crippen LogP contribution in [0.3, 0.4) is 0 Å². The highest BCUT2D eigenvalue weighted by atomic mass is 19.1. The van der Waals surface area contributed by atoms with E-state index in [2.05, 4.69) is 10.3 Å². The van der Waals surface area contributed by atoms with Gasteiger partial charge >= 0.3 is 0 Å². The van der Waals surface area contributed by atoms with E-state index in [-0.39, 0.29) is 18.3 Å². The normalized spacial score (nSPS) is 16.8. The Labute approximate surface area is 140 Å². The molecule has 1 aromatic heterocycles. The van der Waals surface area contributed by atoms with E-state index in [1.54, 1.807) is 35.2 Å². The highest BCUT2D eigenvalue weighted by Crippen LogP contribution is 2.23. The molecule has 1 amide bonds. The van der Waals surface area contributed by atoms with Crippen LogP contribution in [-0.2, 0) is 16.6 Å². The summed E-state index contributed by atoms with van der Waals surface area (Å²) in [7, 11) is 1.82. The molecular formula is C17H21FN4O2. The van der Waals surface area contributed by atoms with Crippen LogP contribution in [0.4, 0.5) is 4.39 Å². The highest BCUT2D eigenvalue weighted by Gasteiger charge is 2.24. The fourth-order valence-corrected chi connectivity index (χ4v) is 2.81. The van der Waals surface area contributed by atoms with E-state index in [1.165, 1.54) is 6.07 Å². The number of nitrogens with one attached hydrogen (secondary N) is 1. The molecule has 6 nitrogen and oxygen atoms in total. The van der Waals surface area contributed by atoms with Crippen LogP contribution in [0.1, 0.15) is 17.4 Å². The Morgan fingerprint density at radius 2 is 2.12 bits per heavy atom. The van der Waals surface area contributed by atoms with Crippen LogP contribution in [0.2, 0.25) is 0 Å². The molecule has 1 fully saturated rings. The van der Waals surface area contributed by atoms with Gasteiger partial charge in [-0.05, 0) is 6.07 Å². The summed E-state index contributed by atoms with van der Waals surface area (Å²) in [5.74, 6) is 0.0701. The van der Waals surface area contributed by atoms with Crippen molar-refractivity contribution in [2.24, 2.45) is 7.05 Å². The number of ether oxygens (including phenoxy) is 1. The van der Waals surface area contributed by atoms with E-state index in [0.29, 0.717) is 24.6 Å². The van der Waals surface area contributed by atoms with Crippen LogP contribution >= 0.6 is 0 Å². The number of benzene rings is 1. The second-order valence-electron chi connectivity index (χ2n) is 5.81. The first kappa shape index (κ1) is 16.6. The van der Waals surface area contributed by atoms with E-state index >= 15 is 0 Å². The molecule has 1 atom stereocenters. The lowest BCUT2D eigenvalue weighted by Gasteiger charge is -2.27. The van der Waals surface area contributed by atoms with Crippen LogP contribution in [0, 0.1) is 5.82 Å². The molecule has 1 aromatic carbocycles. The Hall–Kier alpha value is -2.25. The van der Waals surface area contributed by atoms with Crippen molar-refractivity contribution in [1.29, 1.82) is 0 Å². The predicted molar refractivity (Wildman–Crippen MR) is 86.9 cm³/mol. The molecule has 1 unspecified atom stereocenters. The fraction of sp³-hybridized carbons (Fsp3) is 0.412. The number of imidazole rings is 1. The minimum Gasteiger partial charge on any atom is -0.379 e. The summed E-state index contributed by atoms with van der Waals surface area (Å²) in [5, 5.41) is 2.92. The first-order valence-electron chi connectivity index (χ1n) is 7.96. The van der Waals surface area contributed by atoms with Gasteiger partial charge in [0.15, 0.2) is 0 Å². The van der Waals surface area contributed by atoms with E-state index in [1.807, 2.05) is 11.9 Å². The summed E-state index contributed by atoms with van der Waals surface area (Å²) in [4.78, 5) is 18.8. The molecule has 0 aliphatic carbocycles. The number of nitrogens with zero attached hydrogens (tertiary/aromatic N) is 3.